The van der Waals surface area contributed by atoms with E-state index in [4.69, 9.17) is 21.4 Å². The van der Waals surface area contributed by atoms with Gasteiger partial charge in [-0.2, -0.15) is 22.3 Å². The summed E-state index contributed by atoms with van der Waals surface area (Å²) in [5.41, 5.74) is 6.99. The Balaban J connectivity index is 1.41. The third-order valence-electron chi connectivity index (χ3n) is 7.60. The first kappa shape index (κ1) is 25.4. The molecule has 3 fully saturated rings. The summed E-state index contributed by atoms with van der Waals surface area (Å²) in [5.74, 6) is 1.17. The van der Waals surface area contributed by atoms with Gasteiger partial charge in [-0.3, -0.25) is 10.4 Å². The largest absolute Gasteiger partial charge is 0.402 e. The van der Waals surface area contributed by atoms with Crippen molar-refractivity contribution in [3.05, 3.63) is 36.2 Å². The SMILES string of the molecule is C/C(N)=C/C(=N)Nc1cc2ncccc2c(N(C)[C@@H]2C[C@H]3CCC[C@@H](C2)N3S(=O)(=O)N2CC(C#N)C2)n1. The number of nitrogens with one attached hydrogen (secondary N) is 2. The summed E-state index contributed by atoms with van der Waals surface area (Å²) in [6.07, 6.45) is 7.33. The van der Waals surface area contributed by atoms with Crippen molar-refractivity contribution < 1.29 is 8.42 Å². The van der Waals surface area contributed by atoms with Gasteiger partial charge in [0.25, 0.3) is 10.2 Å². The molecule has 2 aromatic rings. The van der Waals surface area contributed by atoms with E-state index < -0.39 is 10.2 Å². The molecule has 0 amide bonds. The van der Waals surface area contributed by atoms with Crippen LogP contribution in [0.15, 0.2) is 36.2 Å². The molecule has 196 valence electrons. The first-order valence-corrected chi connectivity index (χ1v) is 14.0. The maximum atomic E-state index is 13.5. The van der Waals surface area contributed by atoms with Gasteiger partial charge < -0.3 is 16.0 Å². The van der Waals surface area contributed by atoms with E-state index in [1.165, 1.54) is 10.4 Å². The highest BCUT2D eigenvalue weighted by molar-refractivity contribution is 7.86. The summed E-state index contributed by atoms with van der Waals surface area (Å²) in [7, 11) is -1.58. The molecule has 2 aromatic heterocycles. The van der Waals surface area contributed by atoms with E-state index in [0.717, 1.165) is 36.0 Å². The Bertz CT molecular complexity index is 1360. The lowest BCUT2D eigenvalue weighted by molar-refractivity contribution is 0.0932. The molecule has 11 nitrogen and oxygen atoms in total. The number of nitriles is 1. The molecule has 3 aliphatic rings. The lowest BCUT2D eigenvalue weighted by Crippen LogP contribution is -2.64. The summed E-state index contributed by atoms with van der Waals surface area (Å²) in [5, 5.41) is 21.2. The number of nitrogens with zero attached hydrogens (tertiary/aromatic N) is 6. The molecule has 0 aromatic carbocycles. The molecule has 0 unspecified atom stereocenters. The number of pyridine rings is 2. The molecule has 4 N–H and O–H groups in total. The number of rotatable bonds is 6. The van der Waals surface area contributed by atoms with Crippen LogP contribution >= 0.6 is 0 Å². The third-order valence-corrected chi connectivity index (χ3v) is 9.68. The number of hydrogen-bond donors (Lipinski definition) is 3. The molecule has 5 rings (SSSR count). The Morgan fingerprint density at radius 2 is 2.03 bits per heavy atom. The van der Waals surface area contributed by atoms with E-state index in [-0.39, 0.29) is 43.0 Å². The Labute approximate surface area is 217 Å². The van der Waals surface area contributed by atoms with Crippen molar-refractivity contribution in [2.75, 3.05) is 30.4 Å². The zero-order chi connectivity index (χ0) is 26.3. The minimum atomic E-state index is -3.58. The average molecular weight is 524 g/mol. The van der Waals surface area contributed by atoms with Gasteiger partial charge in [0.15, 0.2) is 0 Å². The van der Waals surface area contributed by atoms with E-state index in [0.29, 0.717) is 24.4 Å². The van der Waals surface area contributed by atoms with Gasteiger partial charge in [0.1, 0.15) is 17.5 Å². The normalized spacial score (nSPS) is 25.3. The quantitative estimate of drug-likeness (QED) is 0.385. The summed E-state index contributed by atoms with van der Waals surface area (Å²) in [4.78, 5) is 11.5. The number of amidine groups is 1. The van der Waals surface area contributed by atoms with Gasteiger partial charge in [0.2, 0.25) is 0 Å². The summed E-state index contributed by atoms with van der Waals surface area (Å²) in [6.45, 7) is 2.29. The van der Waals surface area contributed by atoms with E-state index in [9.17, 15) is 8.42 Å². The maximum absolute atomic E-state index is 13.5. The molecule has 5 heterocycles. The van der Waals surface area contributed by atoms with E-state index >= 15 is 0 Å². The van der Waals surface area contributed by atoms with Crippen LogP contribution in [0.1, 0.15) is 39.0 Å². The summed E-state index contributed by atoms with van der Waals surface area (Å²) < 4.78 is 30.1. The number of fused-ring (bicyclic) bond motifs is 3. The minimum Gasteiger partial charge on any atom is -0.402 e. The highest BCUT2D eigenvalue weighted by atomic mass is 32.2. The predicted molar refractivity (Wildman–Crippen MR) is 143 cm³/mol. The third kappa shape index (κ3) is 4.86. The van der Waals surface area contributed by atoms with Crippen LogP contribution in [0.3, 0.4) is 0 Å². The number of aromatic nitrogens is 2. The number of piperidine rings is 2. The van der Waals surface area contributed by atoms with Gasteiger partial charge in [-0.15, -0.1) is 0 Å². The fourth-order valence-electron chi connectivity index (χ4n) is 5.81. The maximum Gasteiger partial charge on any atom is 0.282 e. The van der Waals surface area contributed by atoms with Crippen molar-refractivity contribution in [3.63, 3.8) is 0 Å². The molecule has 37 heavy (non-hydrogen) atoms. The van der Waals surface area contributed by atoms with Crippen molar-refractivity contribution in [1.82, 2.24) is 18.6 Å². The number of hydrogen-bond acceptors (Lipinski definition) is 8. The Morgan fingerprint density at radius 3 is 2.68 bits per heavy atom. The topological polar surface area (TPSA) is 155 Å². The van der Waals surface area contributed by atoms with Crippen molar-refractivity contribution in [2.45, 2.75) is 57.2 Å². The molecular formula is C25H33N9O2S. The number of nitrogens with two attached hydrogens (primary N) is 1. The van der Waals surface area contributed by atoms with Crippen LogP contribution in [-0.4, -0.2) is 71.1 Å². The van der Waals surface area contributed by atoms with Gasteiger partial charge in [0.05, 0.1) is 17.5 Å². The summed E-state index contributed by atoms with van der Waals surface area (Å²) >= 11 is 0. The number of anilines is 2. The Kier molecular flexibility index (Phi) is 6.78. The van der Waals surface area contributed by atoms with E-state index in [1.807, 2.05) is 25.2 Å². The second-order valence-electron chi connectivity index (χ2n) is 10.3. The first-order valence-electron chi connectivity index (χ1n) is 12.6. The van der Waals surface area contributed by atoms with Gasteiger partial charge in [0, 0.05) is 61.6 Å². The van der Waals surface area contributed by atoms with E-state index in [2.05, 4.69) is 21.3 Å². The molecule has 3 aliphatic heterocycles. The van der Waals surface area contributed by atoms with Crippen LogP contribution in [0.25, 0.3) is 10.9 Å². The van der Waals surface area contributed by atoms with Crippen LogP contribution in [0, 0.1) is 22.7 Å². The van der Waals surface area contributed by atoms with Gasteiger partial charge in [-0.1, -0.05) is 6.42 Å². The Morgan fingerprint density at radius 1 is 1.32 bits per heavy atom. The first-order chi connectivity index (χ1) is 17.7. The van der Waals surface area contributed by atoms with Crippen molar-refractivity contribution in [2.24, 2.45) is 11.7 Å². The molecule has 0 aliphatic carbocycles. The molecular weight excluding hydrogens is 490 g/mol. The second-order valence-corrected chi connectivity index (χ2v) is 12.1. The highest BCUT2D eigenvalue weighted by Gasteiger charge is 2.49. The molecule has 0 saturated carbocycles. The zero-order valence-corrected chi connectivity index (χ0v) is 21.9. The summed E-state index contributed by atoms with van der Waals surface area (Å²) in [6, 6.07) is 7.77. The molecule has 3 atom stereocenters. The van der Waals surface area contributed by atoms with Crippen LogP contribution in [-0.2, 0) is 10.2 Å². The number of allylic oxidation sites excluding steroid dienone is 1. The van der Waals surface area contributed by atoms with Crippen molar-refractivity contribution in [3.8, 4) is 6.07 Å². The van der Waals surface area contributed by atoms with Gasteiger partial charge >= 0.3 is 0 Å². The second kappa shape index (κ2) is 9.89. The van der Waals surface area contributed by atoms with Crippen LogP contribution in [0.2, 0.25) is 0 Å². The lowest BCUT2D eigenvalue weighted by Gasteiger charge is -2.52. The van der Waals surface area contributed by atoms with Crippen LogP contribution in [0.4, 0.5) is 11.6 Å². The van der Waals surface area contributed by atoms with Crippen LogP contribution < -0.4 is 16.0 Å². The standard InChI is InChI=1S/C25H33N9O2S/c1-16(27)9-23(28)30-24-12-22-21(7-4-8-29-22)25(31-24)32(2)20-10-18-5-3-6-19(11-20)34(18)37(35,36)33-14-17(13-26)15-33/h4,7-9,12,17-20H,3,5-6,10-11,14-15,27H2,1-2H3,(H2,28,30,31)/b16-9-/t18-,19+,20-. The smallest absolute Gasteiger partial charge is 0.282 e. The average Bonchev–Trinajstić information content (AvgIpc) is 2.81. The molecule has 3 saturated heterocycles. The zero-order valence-electron chi connectivity index (χ0n) is 21.1. The Hall–Kier alpha value is -3.27. The molecule has 0 spiro atoms. The molecule has 12 heteroatoms. The van der Waals surface area contributed by atoms with Gasteiger partial charge in [-0.25, -0.2) is 4.98 Å². The lowest BCUT2D eigenvalue weighted by atomic mass is 9.83. The predicted octanol–water partition coefficient (Wildman–Crippen LogP) is 2.40. The van der Waals surface area contributed by atoms with Crippen molar-refractivity contribution >= 4 is 38.6 Å². The van der Waals surface area contributed by atoms with Crippen molar-refractivity contribution in [1.29, 1.82) is 10.7 Å². The molecule has 0 radical (unpaired) electrons. The van der Waals surface area contributed by atoms with Crippen LogP contribution in [0.5, 0.6) is 0 Å². The monoisotopic (exact) mass is 523 g/mol. The minimum absolute atomic E-state index is 0.0809. The fourth-order valence-corrected chi connectivity index (χ4v) is 7.95. The highest BCUT2D eigenvalue weighted by Crippen LogP contribution is 2.41. The molecule has 2 bridgehead atoms. The van der Waals surface area contributed by atoms with Gasteiger partial charge in [-0.05, 0) is 50.8 Å². The van der Waals surface area contributed by atoms with E-state index in [1.54, 1.807) is 17.4 Å². The fraction of sp³-hybridized carbons (Fsp3) is 0.520.